The van der Waals surface area contributed by atoms with Gasteiger partial charge < -0.3 is 28.9 Å². The maximum absolute atomic E-state index is 8.64. The molecule has 0 spiro atoms. The van der Waals surface area contributed by atoms with E-state index in [1.54, 1.807) is 0 Å². The molecule has 0 saturated carbocycles. The van der Waals surface area contributed by atoms with Crippen molar-refractivity contribution in [2.75, 3.05) is 13.9 Å². The first-order chi connectivity index (χ1) is 7.20. The predicted octanol–water partition coefficient (Wildman–Crippen LogP) is -0.228. The zero-order chi connectivity index (χ0) is 10.8. The van der Waals surface area contributed by atoms with Crippen molar-refractivity contribution >= 4 is 7.32 Å². The molecule has 0 amide bonds. The minimum Gasteiger partial charge on any atom is -0.512 e. The summed E-state index contributed by atoms with van der Waals surface area (Å²) in [4.78, 5) is 0. The van der Waals surface area contributed by atoms with Crippen molar-refractivity contribution in [1.29, 1.82) is 0 Å². The first-order valence-corrected chi connectivity index (χ1v) is 4.21. The standard InChI is InChI=1S/C8H9BO6/c1-12-6-2-5(15-9(10)11)3-7-8(6)14-4-13-7/h2-3,10-11H,4H2,1H3. The Kier molecular flexibility index (Phi) is 2.57. The Bertz CT molecular complexity index is 366. The Morgan fingerprint density at radius 1 is 1.33 bits per heavy atom. The fraction of sp³-hybridized carbons (Fsp3) is 0.250. The third-order valence-electron chi connectivity index (χ3n) is 1.87. The summed E-state index contributed by atoms with van der Waals surface area (Å²) < 4.78 is 20.0. The van der Waals surface area contributed by atoms with Crippen LogP contribution in [0.25, 0.3) is 0 Å². The van der Waals surface area contributed by atoms with Gasteiger partial charge in [0.25, 0.3) is 0 Å². The second-order valence-corrected chi connectivity index (χ2v) is 2.80. The first kappa shape index (κ1) is 9.94. The van der Waals surface area contributed by atoms with Crippen LogP contribution in [0, 0.1) is 0 Å². The number of rotatable bonds is 3. The summed E-state index contributed by atoms with van der Waals surface area (Å²) in [5.74, 6) is 1.58. The molecule has 0 unspecified atom stereocenters. The molecule has 0 aliphatic carbocycles. The molecule has 1 aliphatic rings. The van der Waals surface area contributed by atoms with Crippen molar-refractivity contribution in [3.05, 3.63) is 12.1 Å². The monoisotopic (exact) mass is 212 g/mol. The van der Waals surface area contributed by atoms with Crippen molar-refractivity contribution in [3.63, 3.8) is 0 Å². The normalized spacial score (nSPS) is 12.5. The van der Waals surface area contributed by atoms with Crippen molar-refractivity contribution in [2.24, 2.45) is 0 Å². The molecule has 7 heteroatoms. The lowest BCUT2D eigenvalue weighted by molar-refractivity contribution is 0.171. The van der Waals surface area contributed by atoms with Gasteiger partial charge in [-0.2, -0.15) is 0 Å². The Labute approximate surface area is 86.1 Å². The van der Waals surface area contributed by atoms with Crippen LogP contribution in [0.1, 0.15) is 0 Å². The Morgan fingerprint density at radius 2 is 2.13 bits per heavy atom. The third kappa shape index (κ3) is 1.93. The van der Waals surface area contributed by atoms with Gasteiger partial charge in [-0.1, -0.05) is 0 Å². The van der Waals surface area contributed by atoms with Crippen LogP contribution in [-0.4, -0.2) is 31.3 Å². The van der Waals surface area contributed by atoms with E-state index in [2.05, 4.69) is 4.65 Å². The van der Waals surface area contributed by atoms with E-state index in [1.807, 2.05) is 0 Å². The maximum atomic E-state index is 8.64. The highest BCUT2D eigenvalue weighted by atomic mass is 16.7. The summed E-state index contributed by atoms with van der Waals surface area (Å²) in [5.41, 5.74) is 0. The van der Waals surface area contributed by atoms with Gasteiger partial charge >= 0.3 is 7.32 Å². The van der Waals surface area contributed by atoms with Crippen LogP contribution in [0.4, 0.5) is 0 Å². The summed E-state index contributed by atoms with van der Waals surface area (Å²) in [7, 11) is -0.411. The lowest BCUT2D eigenvalue weighted by Crippen LogP contribution is -2.20. The fourth-order valence-corrected chi connectivity index (χ4v) is 1.30. The minimum absolute atomic E-state index is 0.108. The van der Waals surface area contributed by atoms with E-state index in [1.165, 1.54) is 19.2 Å². The highest BCUT2D eigenvalue weighted by molar-refractivity contribution is 6.33. The maximum Gasteiger partial charge on any atom is 0.707 e. The first-order valence-electron chi connectivity index (χ1n) is 4.21. The van der Waals surface area contributed by atoms with E-state index in [9.17, 15) is 0 Å². The van der Waals surface area contributed by atoms with Gasteiger partial charge in [-0.05, 0) is 0 Å². The van der Waals surface area contributed by atoms with Crippen LogP contribution in [0.3, 0.4) is 0 Å². The summed E-state index contributed by atoms with van der Waals surface area (Å²) in [5, 5.41) is 17.3. The molecule has 2 N–H and O–H groups in total. The van der Waals surface area contributed by atoms with Gasteiger partial charge in [-0.3, -0.25) is 0 Å². The highest BCUT2D eigenvalue weighted by Gasteiger charge is 2.22. The van der Waals surface area contributed by atoms with Gasteiger partial charge in [0, 0.05) is 12.1 Å². The van der Waals surface area contributed by atoms with Gasteiger partial charge in [0.15, 0.2) is 11.5 Å². The van der Waals surface area contributed by atoms with Gasteiger partial charge in [-0.25, -0.2) is 0 Å². The molecule has 1 heterocycles. The smallest absolute Gasteiger partial charge is 0.512 e. The van der Waals surface area contributed by atoms with Crippen molar-refractivity contribution in [3.8, 4) is 23.0 Å². The molecule has 1 aliphatic heterocycles. The predicted molar refractivity (Wildman–Crippen MR) is 49.9 cm³/mol. The van der Waals surface area contributed by atoms with E-state index in [0.717, 1.165) is 0 Å². The molecule has 0 atom stereocenters. The van der Waals surface area contributed by atoms with Crippen LogP contribution in [0.5, 0.6) is 23.0 Å². The Balaban J connectivity index is 2.34. The topological polar surface area (TPSA) is 77.4 Å². The molecule has 80 valence electrons. The molecule has 2 rings (SSSR count). The van der Waals surface area contributed by atoms with E-state index in [0.29, 0.717) is 17.2 Å². The second kappa shape index (κ2) is 3.88. The molecule has 0 fully saturated rings. The van der Waals surface area contributed by atoms with Crippen LogP contribution in [0.2, 0.25) is 0 Å². The number of hydrogen-bond donors (Lipinski definition) is 2. The largest absolute Gasteiger partial charge is 0.707 e. The molecule has 1 aromatic carbocycles. The molecular weight excluding hydrogens is 203 g/mol. The Hall–Kier alpha value is -1.60. The van der Waals surface area contributed by atoms with Crippen LogP contribution < -0.4 is 18.9 Å². The summed E-state index contributed by atoms with van der Waals surface area (Å²) in [6.07, 6.45) is 0. The molecule has 15 heavy (non-hydrogen) atoms. The van der Waals surface area contributed by atoms with Crippen LogP contribution >= 0.6 is 0 Å². The fourth-order valence-electron chi connectivity index (χ4n) is 1.30. The lowest BCUT2D eigenvalue weighted by atomic mass is 10.2. The van der Waals surface area contributed by atoms with Gasteiger partial charge in [0.1, 0.15) is 5.75 Å². The van der Waals surface area contributed by atoms with Gasteiger partial charge in [-0.15, -0.1) is 0 Å². The number of methoxy groups -OCH3 is 1. The quantitative estimate of drug-likeness (QED) is 0.674. The SMILES string of the molecule is COc1cc(OB(O)O)cc2c1OCO2. The molecule has 0 bridgehead atoms. The second-order valence-electron chi connectivity index (χ2n) is 2.80. The number of benzene rings is 1. The number of hydrogen-bond acceptors (Lipinski definition) is 6. The van der Waals surface area contributed by atoms with E-state index < -0.39 is 7.32 Å². The third-order valence-corrected chi connectivity index (χ3v) is 1.87. The molecule has 6 nitrogen and oxygen atoms in total. The molecule has 0 radical (unpaired) electrons. The lowest BCUT2D eigenvalue weighted by Gasteiger charge is -2.09. The van der Waals surface area contributed by atoms with Gasteiger partial charge in [0.05, 0.1) is 7.11 Å². The highest BCUT2D eigenvalue weighted by Crippen LogP contribution is 2.43. The van der Waals surface area contributed by atoms with Crippen LogP contribution in [0.15, 0.2) is 12.1 Å². The minimum atomic E-state index is -1.88. The summed E-state index contributed by atoms with van der Waals surface area (Å²) in [6, 6.07) is 2.97. The van der Waals surface area contributed by atoms with Crippen molar-refractivity contribution < 1.29 is 28.9 Å². The zero-order valence-electron chi connectivity index (χ0n) is 7.97. The van der Waals surface area contributed by atoms with Crippen molar-refractivity contribution in [1.82, 2.24) is 0 Å². The molecule has 0 aromatic heterocycles. The zero-order valence-corrected chi connectivity index (χ0v) is 7.97. The Morgan fingerprint density at radius 3 is 2.80 bits per heavy atom. The van der Waals surface area contributed by atoms with Crippen LogP contribution in [-0.2, 0) is 0 Å². The average Bonchev–Trinajstić information content (AvgIpc) is 2.63. The molecule has 0 saturated heterocycles. The number of ether oxygens (including phenoxy) is 3. The van der Waals surface area contributed by atoms with E-state index >= 15 is 0 Å². The van der Waals surface area contributed by atoms with Gasteiger partial charge in [0.2, 0.25) is 12.5 Å². The molecular formula is C8H9BO6. The van der Waals surface area contributed by atoms with Crippen molar-refractivity contribution in [2.45, 2.75) is 0 Å². The van der Waals surface area contributed by atoms with E-state index in [-0.39, 0.29) is 12.5 Å². The summed E-state index contributed by atoms with van der Waals surface area (Å²) >= 11 is 0. The molecule has 1 aromatic rings. The summed E-state index contributed by atoms with van der Waals surface area (Å²) in [6.45, 7) is 0.108. The average molecular weight is 212 g/mol. The number of fused-ring (bicyclic) bond motifs is 1. The van der Waals surface area contributed by atoms with E-state index in [4.69, 9.17) is 24.3 Å².